The lowest BCUT2D eigenvalue weighted by Crippen LogP contribution is -2.43. The number of anilines is 1. The van der Waals surface area contributed by atoms with Gasteiger partial charge in [0.15, 0.2) is 0 Å². The predicted octanol–water partition coefficient (Wildman–Crippen LogP) is 2.36. The number of nitro benzene ring substituents is 1. The van der Waals surface area contributed by atoms with Crippen molar-refractivity contribution in [2.24, 2.45) is 0 Å². The molecule has 0 aliphatic carbocycles. The average Bonchev–Trinajstić information content (AvgIpc) is 3.09. The monoisotopic (exact) mass is 330 g/mol. The van der Waals surface area contributed by atoms with Crippen LogP contribution in [0.25, 0.3) is 0 Å². The minimum Gasteiger partial charge on any atom is -0.322 e. The molecule has 0 saturated carbocycles. The van der Waals surface area contributed by atoms with Crippen molar-refractivity contribution in [1.29, 1.82) is 0 Å². The van der Waals surface area contributed by atoms with Crippen molar-refractivity contribution in [3.63, 3.8) is 0 Å². The second kappa shape index (κ2) is 6.65. The Bertz CT molecular complexity index is 746. The highest BCUT2D eigenvalue weighted by atomic mass is 16.6. The van der Waals surface area contributed by atoms with Gasteiger partial charge in [-0.3, -0.25) is 10.1 Å². The van der Waals surface area contributed by atoms with Crippen molar-refractivity contribution < 1.29 is 9.72 Å². The fraction of sp³-hybridized carbons (Fsp3) is 0.400. The third-order valence-corrected chi connectivity index (χ3v) is 4.14. The summed E-state index contributed by atoms with van der Waals surface area (Å²) in [6, 6.07) is 4.45. The van der Waals surface area contributed by atoms with Crippen LogP contribution in [-0.2, 0) is 0 Å². The van der Waals surface area contributed by atoms with Gasteiger partial charge in [-0.1, -0.05) is 0 Å². The molecule has 0 unspecified atom stereocenters. The van der Waals surface area contributed by atoms with Crippen molar-refractivity contribution in [2.45, 2.75) is 25.8 Å². The Morgan fingerprint density at radius 1 is 1.46 bits per heavy atom. The Morgan fingerprint density at radius 3 is 2.96 bits per heavy atom. The number of nitrogens with one attached hydrogen (secondary N) is 1. The van der Waals surface area contributed by atoms with Gasteiger partial charge < -0.3 is 10.2 Å². The number of benzene rings is 1. The molecular weight excluding hydrogens is 312 g/mol. The average molecular weight is 330 g/mol. The van der Waals surface area contributed by atoms with Gasteiger partial charge in [-0.05, 0) is 31.9 Å². The first-order valence-electron chi connectivity index (χ1n) is 7.69. The van der Waals surface area contributed by atoms with Gasteiger partial charge in [0, 0.05) is 30.4 Å². The molecule has 0 bridgehead atoms. The molecule has 9 nitrogen and oxygen atoms in total. The standard InChI is InChI=1S/C15H18N6O3/c1-11-7-12(4-5-14(11)21(23)24)18-15(22)19-6-2-3-13(8-19)20-10-16-9-17-20/h4-5,7,9-10,13H,2-3,6,8H2,1H3,(H,18,22)/t13-/m0/s1. The SMILES string of the molecule is Cc1cc(NC(=O)N2CCC[C@H](n3cncn3)C2)ccc1[N+](=O)[O-]. The number of carbonyl (C=O) groups excluding carboxylic acids is 1. The van der Waals surface area contributed by atoms with Crippen molar-refractivity contribution in [1.82, 2.24) is 19.7 Å². The summed E-state index contributed by atoms with van der Waals surface area (Å²) in [5, 5.41) is 17.8. The number of aryl methyl sites for hydroxylation is 1. The van der Waals surface area contributed by atoms with Crippen LogP contribution in [0, 0.1) is 17.0 Å². The maximum atomic E-state index is 12.4. The highest BCUT2D eigenvalue weighted by Crippen LogP contribution is 2.24. The minimum atomic E-state index is -0.436. The normalized spacial score (nSPS) is 17.5. The summed E-state index contributed by atoms with van der Waals surface area (Å²) in [4.78, 5) is 28.5. The van der Waals surface area contributed by atoms with Crippen LogP contribution in [0.5, 0.6) is 0 Å². The summed E-state index contributed by atoms with van der Waals surface area (Å²) in [5.41, 5.74) is 1.10. The van der Waals surface area contributed by atoms with Crippen LogP contribution in [0.4, 0.5) is 16.2 Å². The molecule has 1 N–H and O–H groups in total. The van der Waals surface area contributed by atoms with Crippen LogP contribution in [0.3, 0.4) is 0 Å². The molecule has 1 atom stereocenters. The molecule has 1 aliphatic rings. The van der Waals surface area contributed by atoms with Crippen molar-refractivity contribution >= 4 is 17.4 Å². The van der Waals surface area contributed by atoms with E-state index in [1.807, 2.05) is 0 Å². The van der Waals surface area contributed by atoms with Crippen molar-refractivity contribution in [2.75, 3.05) is 18.4 Å². The second-order valence-electron chi connectivity index (χ2n) is 5.81. The lowest BCUT2D eigenvalue weighted by Gasteiger charge is -2.32. The summed E-state index contributed by atoms with van der Waals surface area (Å²) in [5.74, 6) is 0. The van der Waals surface area contributed by atoms with Gasteiger partial charge in [0.25, 0.3) is 5.69 Å². The first kappa shape index (κ1) is 15.9. The molecule has 2 aromatic rings. The van der Waals surface area contributed by atoms with E-state index in [1.165, 1.54) is 12.4 Å². The molecule has 1 aliphatic heterocycles. The van der Waals surface area contributed by atoms with E-state index in [0.717, 1.165) is 12.8 Å². The van der Waals surface area contributed by atoms with E-state index in [1.54, 1.807) is 35.0 Å². The number of aromatic nitrogens is 3. The van der Waals surface area contributed by atoms with Gasteiger partial charge in [-0.2, -0.15) is 5.10 Å². The van der Waals surface area contributed by atoms with Crippen molar-refractivity contribution in [3.8, 4) is 0 Å². The van der Waals surface area contributed by atoms with E-state index in [2.05, 4.69) is 15.4 Å². The summed E-state index contributed by atoms with van der Waals surface area (Å²) in [6.45, 7) is 2.87. The highest BCUT2D eigenvalue weighted by Gasteiger charge is 2.25. The largest absolute Gasteiger partial charge is 0.322 e. The smallest absolute Gasteiger partial charge is 0.321 e. The number of urea groups is 1. The van der Waals surface area contributed by atoms with Gasteiger partial charge in [0.05, 0.1) is 11.0 Å². The molecule has 3 rings (SSSR count). The van der Waals surface area contributed by atoms with Gasteiger partial charge in [-0.15, -0.1) is 0 Å². The topological polar surface area (TPSA) is 106 Å². The molecule has 2 heterocycles. The zero-order chi connectivity index (χ0) is 17.1. The quantitative estimate of drug-likeness (QED) is 0.687. The molecule has 1 aromatic heterocycles. The van der Waals surface area contributed by atoms with Crippen LogP contribution in [0.2, 0.25) is 0 Å². The van der Waals surface area contributed by atoms with E-state index in [9.17, 15) is 14.9 Å². The number of hydrogen-bond acceptors (Lipinski definition) is 5. The molecule has 1 fully saturated rings. The zero-order valence-electron chi connectivity index (χ0n) is 13.3. The van der Waals surface area contributed by atoms with Gasteiger partial charge >= 0.3 is 6.03 Å². The zero-order valence-corrected chi connectivity index (χ0v) is 13.3. The Hall–Kier alpha value is -2.97. The number of hydrogen-bond donors (Lipinski definition) is 1. The number of piperidine rings is 1. The third kappa shape index (κ3) is 3.34. The number of likely N-dealkylation sites (tertiary alicyclic amines) is 1. The number of nitrogens with zero attached hydrogens (tertiary/aromatic N) is 5. The first-order chi connectivity index (χ1) is 11.5. The predicted molar refractivity (Wildman–Crippen MR) is 86.7 cm³/mol. The van der Waals surface area contributed by atoms with Crippen LogP contribution in [-0.4, -0.2) is 43.7 Å². The maximum Gasteiger partial charge on any atom is 0.321 e. The Kier molecular flexibility index (Phi) is 4.41. The van der Waals surface area contributed by atoms with E-state index < -0.39 is 4.92 Å². The molecule has 2 amide bonds. The molecule has 0 radical (unpaired) electrons. The first-order valence-corrected chi connectivity index (χ1v) is 7.69. The molecular formula is C15H18N6O3. The summed E-state index contributed by atoms with van der Waals surface area (Å²) in [7, 11) is 0. The molecule has 0 spiro atoms. The van der Waals surface area contributed by atoms with E-state index in [4.69, 9.17) is 0 Å². The van der Waals surface area contributed by atoms with Crippen molar-refractivity contribution in [3.05, 3.63) is 46.5 Å². The lowest BCUT2D eigenvalue weighted by atomic mass is 10.1. The number of rotatable bonds is 3. The Labute approximate surface area is 138 Å². The Morgan fingerprint density at radius 2 is 2.29 bits per heavy atom. The minimum absolute atomic E-state index is 0.0391. The molecule has 24 heavy (non-hydrogen) atoms. The second-order valence-corrected chi connectivity index (χ2v) is 5.81. The van der Waals surface area contributed by atoms with Crippen LogP contribution < -0.4 is 5.32 Å². The fourth-order valence-electron chi connectivity index (χ4n) is 2.90. The highest BCUT2D eigenvalue weighted by molar-refractivity contribution is 5.89. The van der Waals surface area contributed by atoms with Gasteiger partial charge in [0.1, 0.15) is 12.7 Å². The number of nitro groups is 1. The summed E-state index contributed by atoms with van der Waals surface area (Å²) in [6.07, 6.45) is 4.98. The fourth-order valence-corrected chi connectivity index (χ4v) is 2.90. The third-order valence-electron chi connectivity index (χ3n) is 4.14. The lowest BCUT2D eigenvalue weighted by molar-refractivity contribution is -0.385. The van der Waals surface area contributed by atoms with Gasteiger partial charge in [0.2, 0.25) is 0 Å². The van der Waals surface area contributed by atoms with E-state index in [-0.39, 0.29) is 17.8 Å². The van der Waals surface area contributed by atoms with Crippen LogP contribution in [0.15, 0.2) is 30.9 Å². The Balaban J connectivity index is 1.66. The van der Waals surface area contributed by atoms with E-state index >= 15 is 0 Å². The maximum absolute atomic E-state index is 12.4. The van der Waals surface area contributed by atoms with E-state index in [0.29, 0.717) is 24.3 Å². The molecule has 126 valence electrons. The summed E-state index contributed by atoms with van der Waals surface area (Å²) >= 11 is 0. The number of carbonyl (C=O) groups is 1. The number of amides is 2. The molecule has 1 aromatic carbocycles. The molecule has 9 heteroatoms. The molecule has 1 saturated heterocycles. The van der Waals surface area contributed by atoms with Gasteiger partial charge in [-0.25, -0.2) is 14.5 Å². The van der Waals surface area contributed by atoms with Crippen LogP contribution in [0.1, 0.15) is 24.4 Å². The van der Waals surface area contributed by atoms with Crippen LogP contribution >= 0.6 is 0 Å². The summed E-state index contributed by atoms with van der Waals surface area (Å²) < 4.78 is 1.77.